The Balaban J connectivity index is 3.23. The van der Waals surface area contributed by atoms with Crippen LogP contribution in [-0.2, 0) is 23.7 Å². The summed E-state index contributed by atoms with van der Waals surface area (Å²) >= 11 is 0. The molecule has 120 valence electrons. The number of hydrogen-bond donors (Lipinski definition) is 1. The van der Waals surface area contributed by atoms with E-state index in [0.717, 1.165) is 12.8 Å². The second kappa shape index (κ2) is 14.7. The molecule has 0 aromatic carbocycles. The van der Waals surface area contributed by atoms with Crippen molar-refractivity contribution < 1.29 is 23.7 Å². The second-order valence-electron chi connectivity index (χ2n) is 4.66. The maximum absolute atomic E-state index is 11.4. The van der Waals surface area contributed by atoms with Crippen molar-refractivity contribution in [1.29, 1.82) is 0 Å². The van der Waals surface area contributed by atoms with Crippen LogP contribution in [0.1, 0.15) is 26.2 Å². The Morgan fingerprint density at radius 3 is 2.20 bits per heavy atom. The van der Waals surface area contributed by atoms with E-state index in [0.29, 0.717) is 58.5 Å². The van der Waals surface area contributed by atoms with Gasteiger partial charge in [0.05, 0.1) is 33.0 Å². The van der Waals surface area contributed by atoms with Crippen molar-refractivity contribution in [2.45, 2.75) is 26.2 Å². The van der Waals surface area contributed by atoms with Crippen LogP contribution < -0.4 is 5.73 Å². The number of carbonyl (C=O) groups excluding carboxylic acids is 1. The minimum absolute atomic E-state index is 0.172. The Hall–Kier alpha value is -0.690. The van der Waals surface area contributed by atoms with Crippen LogP contribution in [0.3, 0.4) is 0 Å². The quantitative estimate of drug-likeness (QED) is 0.379. The van der Waals surface area contributed by atoms with Crippen LogP contribution in [-0.4, -0.2) is 59.3 Å². The summed E-state index contributed by atoms with van der Waals surface area (Å²) in [5.74, 6) is 0.293. The van der Waals surface area contributed by atoms with E-state index in [4.69, 9.17) is 24.7 Å². The van der Waals surface area contributed by atoms with Gasteiger partial charge in [-0.3, -0.25) is 4.79 Å². The third-order valence-electron chi connectivity index (χ3n) is 2.80. The molecule has 0 spiro atoms. The SMILES string of the molecule is COCCOCCOCCOC(=O)CCC(C)CCN. The summed E-state index contributed by atoms with van der Waals surface area (Å²) in [4.78, 5) is 11.4. The third kappa shape index (κ3) is 13.7. The number of hydrogen-bond acceptors (Lipinski definition) is 6. The van der Waals surface area contributed by atoms with Crippen LogP contribution in [0.25, 0.3) is 0 Å². The van der Waals surface area contributed by atoms with Crippen LogP contribution in [0.2, 0.25) is 0 Å². The smallest absolute Gasteiger partial charge is 0.305 e. The monoisotopic (exact) mass is 291 g/mol. The van der Waals surface area contributed by atoms with E-state index in [-0.39, 0.29) is 5.97 Å². The van der Waals surface area contributed by atoms with Crippen molar-refractivity contribution in [2.24, 2.45) is 11.7 Å². The first-order chi connectivity index (χ1) is 9.70. The van der Waals surface area contributed by atoms with E-state index in [1.54, 1.807) is 7.11 Å². The first kappa shape index (κ1) is 19.3. The highest BCUT2D eigenvalue weighted by Gasteiger charge is 2.07. The molecule has 0 bridgehead atoms. The average molecular weight is 291 g/mol. The zero-order valence-electron chi connectivity index (χ0n) is 12.8. The molecule has 0 aromatic rings. The van der Waals surface area contributed by atoms with Crippen molar-refractivity contribution in [3.05, 3.63) is 0 Å². The fourth-order valence-electron chi connectivity index (χ4n) is 1.54. The lowest BCUT2D eigenvalue weighted by atomic mass is 10.0. The van der Waals surface area contributed by atoms with Gasteiger partial charge in [-0.05, 0) is 25.3 Å². The first-order valence-electron chi connectivity index (χ1n) is 7.20. The van der Waals surface area contributed by atoms with E-state index in [1.165, 1.54) is 0 Å². The number of ether oxygens (including phenoxy) is 4. The molecule has 0 radical (unpaired) electrons. The molecule has 1 atom stereocenters. The molecule has 0 aliphatic rings. The van der Waals surface area contributed by atoms with Gasteiger partial charge in [-0.1, -0.05) is 6.92 Å². The van der Waals surface area contributed by atoms with Crippen LogP contribution in [0.15, 0.2) is 0 Å². The second-order valence-corrected chi connectivity index (χ2v) is 4.66. The summed E-state index contributed by atoms with van der Waals surface area (Å²) in [6.07, 6.45) is 2.21. The summed E-state index contributed by atoms with van der Waals surface area (Å²) in [6, 6.07) is 0. The largest absolute Gasteiger partial charge is 0.463 e. The van der Waals surface area contributed by atoms with Gasteiger partial charge >= 0.3 is 5.97 Å². The van der Waals surface area contributed by atoms with E-state index in [1.807, 2.05) is 0 Å². The van der Waals surface area contributed by atoms with E-state index >= 15 is 0 Å². The molecule has 20 heavy (non-hydrogen) atoms. The van der Waals surface area contributed by atoms with Gasteiger partial charge in [0.15, 0.2) is 0 Å². The van der Waals surface area contributed by atoms with Gasteiger partial charge < -0.3 is 24.7 Å². The molecule has 0 saturated heterocycles. The topological polar surface area (TPSA) is 80.0 Å². The van der Waals surface area contributed by atoms with Crippen LogP contribution in [0.5, 0.6) is 0 Å². The van der Waals surface area contributed by atoms with E-state index < -0.39 is 0 Å². The first-order valence-corrected chi connectivity index (χ1v) is 7.20. The van der Waals surface area contributed by atoms with Gasteiger partial charge in [-0.25, -0.2) is 0 Å². The number of carbonyl (C=O) groups is 1. The molecular formula is C14H29NO5. The van der Waals surface area contributed by atoms with Gasteiger partial charge in [-0.15, -0.1) is 0 Å². The molecule has 6 nitrogen and oxygen atoms in total. The molecule has 0 aliphatic heterocycles. The predicted octanol–water partition coefficient (Wildman–Crippen LogP) is 0.974. The van der Waals surface area contributed by atoms with Gasteiger partial charge in [0.1, 0.15) is 6.61 Å². The van der Waals surface area contributed by atoms with Crippen LogP contribution in [0, 0.1) is 5.92 Å². The van der Waals surface area contributed by atoms with E-state index in [2.05, 4.69) is 6.92 Å². The third-order valence-corrected chi connectivity index (χ3v) is 2.80. The Bertz CT molecular complexity index is 226. The lowest BCUT2D eigenvalue weighted by Gasteiger charge is -2.10. The number of rotatable bonds is 14. The highest BCUT2D eigenvalue weighted by molar-refractivity contribution is 5.69. The number of nitrogens with two attached hydrogens (primary N) is 1. The average Bonchev–Trinajstić information content (AvgIpc) is 2.43. The normalized spacial score (nSPS) is 12.3. The van der Waals surface area contributed by atoms with Crippen LogP contribution in [0.4, 0.5) is 0 Å². The fraction of sp³-hybridized carbons (Fsp3) is 0.929. The van der Waals surface area contributed by atoms with Crippen LogP contribution >= 0.6 is 0 Å². The summed E-state index contributed by atoms with van der Waals surface area (Å²) in [5, 5.41) is 0. The summed E-state index contributed by atoms with van der Waals surface area (Å²) < 4.78 is 20.4. The molecule has 0 heterocycles. The Morgan fingerprint density at radius 2 is 1.60 bits per heavy atom. The zero-order chi connectivity index (χ0) is 15.1. The van der Waals surface area contributed by atoms with Gasteiger partial charge in [0.2, 0.25) is 0 Å². The Labute approximate surface area is 121 Å². The minimum atomic E-state index is -0.172. The summed E-state index contributed by atoms with van der Waals surface area (Å²) in [6.45, 7) is 5.61. The van der Waals surface area contributed by atoms with Gasteiger partial charge in [-0.2, -0.15) is 0 Å². The standard InChI is InChI=1S/C14H29NO5/c1-13(5-6-15)3-4-14(16)20-12-11-19-10-9-18-8-7-17-2/h13H,3-12,15H2,1-2H3. The molecule has 6 heteroatoms. The van der Waals surface area contributed by atoms with Crippen molar-refractivity contribution in [3.63, 3.8) is 0 Å². The van der Waals surface area contributed by atoms with Gasteiger partial charge in [0.25, 0.3) is 0 Å². The molecule has 0 aliphatic carbocycles. The van der Waals surface area contributed by atoms with E-state index in [9.17, 15) is 4.79 Å². The highest BCUT2D eigenvalue weighted by atomic mass is 16.6. The van der Waals surface area contributed by atoms with Gasteiger partial charge in [0, 0.05) is 13.5 Å². The lowest BCUT2D eigenvalue weighted by molar-refractivity contribution is -0.145. The molecule has 0 saturated carbocycles. The van der Waals surface area contributed by atoms with Crippen molar-refractivity contribution in [1.82, 2.24) is 0 Å². The predicted molar refractivity (Wildman–Crippen MR) is 76.5 cm³/mol. The lowest BCUT2D eigenvalue weighted by Crippen LogP contribution is -2.14. The zero-order valence-corrected chi connectivity index (χ0v) is 12.8. The molecule has 1 unspecified atom stereocenters. The molecule has 2 N–H and O–H groups in total. The maximum Gasteiger partial charge on any atom is 0.305 e. The summed E-state index contributed by atoms with van der Waals surface area (Å²) in [7, 11) is 1.63. The molecule has 0 fully saturated rings. The Morgan fingerprint density at radius 1 is 1.00 bits per heavy atom. The number of esters is 1. The summed E-state index contributed by atoms with van der Waals surface area (Å²) in [5.41, 5.74) is 5.45. The minimum Gasteiger partial charge on any atom is -0.463 e. The molecular weight excluding hydrogens is 262 g/mol. The number of methoxy groups -OCH3 is 1. The fourth-order valence-corrected chi connectivity index (χ4v) is 1.54. The molecule has 0 aromatic heterocycles. The van der Waals surface area contributed by atoms with Crippen molar-refractivity contribution in [3.8, 4) is 0 Å². The maximum atomic E-state index is 11.4. The highest BCUT2D eigenvalue weighted by Crippen LogP contribution is 2.09. The van der Waals surface area contributed by atoms with Crippen molar-refractivity contribution in [2.75, 3.05) is 53.3 Å². The molecule has 0 amide bonds. The van der Waals surface area contributed by atoms with Crippen molar-refractivity contribution >= 4 is 5.97 Å². The molecule has 0 rings (SSSR count). The Kier molecular flexibility index (Phi) is 14.2.